The van der Waals surface area contributed by atoms with Gasteiger partial charge in [0.05, 0.1) is 44.8 Å². The van der Waals surface area contributed by atoms with Gasteiger partial charge >= 0.3 is 0 Å². The first-order chi connectivity index (χ1) is 35.4. The van der Waals surface area contributed by atoms with Gasteiger partial charge in [0.15, 0.2) is 23.1 Å². The Hall–Kier alpha value is -5.86. The van der Waals surface area contributed by atoms with E-state index in [0.29, 0.717) is 54.9 Å². The number of nitrogens with two attached hydrogens (primary N) is 2. The molecule has 1 aliphatic carbocycles. The molecule has 9 rings (SSSR count). The molecule has 0 aromatic heterocycles. The number of dihydropyridines is 1. The van der Waals surface area contributed by atoms with Crippen LogP contribution in [-0.2, 0) is 30.4 Å². The molecule has 2 bridgehead atoms. The zero-order chi connectivity index (χ0) is 51.5. The molecule has 3 fully saturated rings. The van der Waals surface area contributed by atoms with Crippen molar-refractivity contribution >= 4 is 29.4 Å². The van der Waals surface area contributed by atoms with Crippen LogP contribution < -0.4 is 52.4 Å². The number of ketones is 2. The van der Waals surface area contributed by atoms with Gasteiger partial charge < -0.3 is 80.6 Å². The number of carbonyl (C=O) groups is 4. The van der Waals surface area contributed by atoms with E-state index in [-0.39, 0.29) is 91.2 Å². The van der Waals surface area contributed by atoms with Gasteiger partial charge in [-0.25, -0.2) is 0 Å². The Bertz CT molecular complexity index is 2630. The van der Waals surface area contributed by atoms with Gasteiger partial charge in [0.1, 0.15) is 61.6 Å². The summed E-state index contributed by atoms with van der Waals surface area (Å²) in [4.78, 5) is 57.1. The van der Waals surface area contributed by atoms with Gasteiger partial charge in [-0.15, -0.1) is 0 Å². The maximum Gasteiger partial charge on any atom is 0.242 e. The fraction of sp³-hybridized carbons (Fsp3) is 0.490. The lowest BCUT2D eigenvalue weighted by Gasteiger charge is -2.42. The third kappa shape index (κ3) is 10.4. The van der Waals surface area contributed by atoms with Gasteiger partial charge in [0, 0.05) is 65.5 Å². The lowest BCUT2D eigenvalue weighted by molar-refractivity contribution is -0.289. The number of aliphatic hydroxyl groups excluding tert-OH is 5. The lowest BCUT2D eigenvalue weighted by Crippen LogP contribution is -2.70. The number of nitrogens with one attached hydrogen (secondary N) is 5. The highest BCUT2D eigenvalue weighted by atomic mass is 16.7. The molecule has 22 heteroatoms. The molecule has 11 unspecified atom stereocenters. The summed E-state index contributed by atoms with van der Waals surface area (Å²) in [6.45, 7) is -0.356. The van der Waals surface area contributed by atoms with E-state index >= 15 is 9.59 Å². The summed E-state index contributed by atoms with van der Waals surface area (Å²) in [6, 6.07) is 12.7. The van der Waals surface area contributed by atoms with Crippen LogP contribution in [0.5, 0.6) is 11.5 Å². The Morgan fingerprint density at radius 1 is 1.01 bits per heavy atom. The number of ether oxygens (including phenoxy) is 5. The average molecular weight is 1010 g/mol. The molecule has 0 radical (unpaired) electrons. The SMILES string of the molecule is CNCC1=C(N)NCC=C1CCOC1C2Oc3c(cc4c(c3OCC(O)CC=O)C(=O)c3cc(CO)ccc3C4=O)C(c3ccccc3N3CNC4C(=O)NC(N)NC43)C(CCCO)COCC(O2)C(O)C1O. The highest BCUT2D eigenvalue weighted by molar-refractivity contribution is 6.29. The summed E-state index contributed by atoms with van der Waals surface area (Å²) in [6.07, 6.45) is -7.21. The maximum atomic E-state index is 15.1. The molecule has 0 spiro atoms. The van der Waals surface area contributed by atoms with E-state index in [1.165, 1.54) is 12.1 Å². The van der Waals surface area contributed by atoms with Crippen LogP contribution in [0.4, 0.5) is 5.69 Å². The summed E-state index contributed by atoms with van der Waals surface area (Å²) in [5.41, 5.74) is 15.9. The van der Waals surface area contributed by atoms with E-state index in [4.69, 9.17) is 35.2 Å². The number of anilines is 1. The van der Waals surface area contributed by atoms with E-state index in [9.17, 15) is 35.1 Å². The molecular weight excluding hydrogens is 949 g/mol. The third-order valence-corrected chi connectivity index (χ3v) is 14.3. The van der Waals surface area contributed by atoms with E-state index < -0.39 is 91.9 Å². The van der Waals surface area contributed by atoms with Gasteiger partial charge in [-0.3, -0.25) is 30.8 Å². The molecule has 392 valence electrons. The van der Waals surface area contributed by atoms with Crippen LogP contribution >= 0.6 is 0 Å². The Kier molecular flexibility index (Phi) is 16.2. The Morgan fingerprint density at radius 3 is 2.62 bits per heavy atom. The highest BCUT2D eigenvalue weighted by Crippen LogP contribution is 2.52. The van der Waals surface area contributed by atoms with Crippen LogP contribution in [0.25, 0.3) is 0 Å². The van der Waals surface area contributed by atoms with E-state index in [1.807, 2.05) is 35.2 Å². The van der Waals surface area contributed by atoms with Crippen molar-refractivity contribution in [1.82, 2.24) is 26.6 Å². The number of aldehydes is 1. The smallest absolute Gasteiger partial charge is 0.242 e. The number of hydrogen-bond acceptors (Lipinski definition) is 21. The number of amides is 1. The second-order valence-electron chi connectivity index (χ2n) is 19.0. The summed E-state index contributed by atoms with van der Waals surface area (Å²) >= 11 is 0. The number of aliphatic hydroxyl groups is 5. The van der Waals surface area contributed by atoms with E-state index in [0.717, 1.165) is 11.1 Å². The molecule has 1 amide bonds. The highest BCUT2D eigenvalue weighted by Gasteiger charge is 2.50. The molecule has 73 heavy (non-hydrogen) atoms. The standard InChI is InChI=1S/C51H64N8O14/c1-54-19-34-26(10-13-55-47(34)52)12-16-70-46-43(67)42(66)36-23-69-21-27(5-4-14-60)37(30-6-2-3-7-35(30)59-24-56-39-48(59)57-51(53)58-49(39)68)33-18-32-38(41(65)31-17-25(20-62)8-9-29(31)40(32)64)45(44(33)73-50(46)72-36)71-22-28(63)11-15-61/h2-3,6-10,15,17-18,27-28,36-37,39,42-43,46,48,50-51,54-57,60,62-63,66-67H,4-5,11-14,16,19-24,52-53H2,1H3,(H,58,68). The van der Waals surface area contributed by atoms with Gasteiger partial charge in [0.25, 0.3) is 0 Å². The van der Waals surface area contributed by atoms with Crippen molar-refractivity contribution in [2.75, 3.05) is 64.7 Å². The second-order valence-corrected chi connectivity index (χ2v) is 19.0. The number of rotatable bonds is 17. The molecule has 3 saturated heterocycles. The van der Waals surface area contributed by atoms with Crippen LogP contribution in [0.15, 0.2) is 71.6 Å². The van der Waals surface area contributed by atoms with Gasteiger partial charge in [-0.1, -0.05) is 30.3 Å². The van der Waals surface area contributed by atoms with Crippen molar-refractivity contribution in [3.63, 3.8) is 0 Å². The van der Waals surface area contributed by atoms with Crippen molar-refractivity contribution in [3.8, 4) is 11.5 Å². The Morgan fingerprint density at radius 2 is 1.84 bits per heavy atom. The minimum absolute atomic E-state index is 0.0125. The molecule has 5 heterocycles. The summed E-state index contributed by atoms with van der Waals surface area (Å²) in [5.74, 6) is -2.96. The monoisotopic (exact) mass is 1010 g/mol. The van der Waals surface area contributed by atoms with Crippen LogP contribution in [0.2, 0.25) is 0 Å². The predicted octanol–water partition coefficient (Wildman–Crippen LogP) is -1.62. The Labute approximate surface area is 421 Å². The molecule has 11 atom stereocenters. The lowest BCUT2D eigenvalue weighted by atomic mass is 9.74. The van der Waals surface area contributed by atoms with Crippen LogP contribution in [0.1, 0.15) is 80.1 Å². The van der Waals surface area contributed by atoms with Crippen molar-refractivity contribution in [1.29, 1.82) is 0 Å². The van der Waals surface area contributed by atoms with Gasteiger partial charge in [-0.2, -0.15) is 0 Å². The fourth-order valence-electron chi connectivity index (χ4n) is 10.8. The minimum atomic E-state index is -1.64. The minimum Gasteiger partial charge on any atom is -0.486 e. The van der Waals surface area contributed by atoms with Crippen molar-refractivity contribution in [3.05, 3.63) is 111 Å². The summed E-state index contributed by atoms with van der Waals surface area (Å²) < 4.78 is 33.0. The molecule has 14 N–H and O–H groups in total. The number of nitrogens with zero attached hydrogens (tertiary/aromatic N) is 1. The van der Waals surface area contributed by atoms with Crippen molar-refractivity contribution in [2.45, 2.75) is 93.5 Å². The summed E-state index contributed by atoms with van der Waals surface area (Å²) in [5, 5.41) is 70.8. The number of para-hydroxylation sites is 1. The maximum absolute atomic E-state index is 15.1. The van der Waals surface area contributed by atoms with E-state index in [2.05, 4.69) is 26.6 Å². The normalized spacial score (nSPS) is 28.3. The number of carbonyl (C=O) groups excluding carboxylic acids is 4. The average Bonchev–Trinajstić information content (AvgIpc) is 3.81. The molecular formula is C51H64N8O14. The Balaban J connectivity index is 1.26. The second kappa shape index (κ2) is 22.7. The molecule has 6 aliphatic rings. The number of benzene rings is 3. The van der Waals surface area contributed by atoms with Crippen molar-refractivity contribution < 1.29 is 68.4 Å². The van der Waals surface area contributed by atoms with Gasteiger partial charge in [0.2, 0.25) is 12.2 Å². The molecule has 3 aromatic rings. The first-order valence-electron chi connectivity index (χ1n) is 24.6. The fourth-order valence-corrected chi connectivity index (χ4v) is 10.8. The molecule has 3 aromatic carbocycles. The zero-order valence-corrected chi connectivity index (χ0v) is 40.3. The van der Waals surface area contributed by atoms with Crippen LogP contribution in [0, 0.1) is 5.92 Å². The predicted molar refractivity (Wildman–Crippen MR) is 261 cm³/mol. The molecule has 22 nitrogen and oxygen atoms in total. The number of hydrogen-bond donors (Lipinski definition) is 12. The molecule has 5 aliphatic heterocycles. The third-order valence-electron chi connectivity index (χ3n) is 14.3. The number of likely N-dealkylation sites (N-methyl/N-ethyl adjacent to an activating group) is 1. The van der Waals surface area contributed by atoms with Crippen LogP contribution in [-0.4, -0.2) is 164 Å². The molecule has 0 saturated carbocycles. The largest absolute Gasteiger partial charge is 0.486 e. The summed E-state index contributed by atoms with van der Waals surface area (Å²) in [7, 11) is 1.80. The van der Waals surface area contributed by atoms with Gasteiger partial charge in [-0.05, 0) is 73.2 Å². The van der Waals surface area contributed by atoms with E-state index in [1.54, 1.807) is 19.2 Å². The quantitative estimate of drug-likeness (QED) is 0.0529. The van der Waals surface area contributed by atoms with Crippen LogP contribution in [0.3, 0.4) is 0 Å². The zero-order valence-electron chi connectivity index (χ0n) is 40.3. The first-order valence-corrected chi connectivity index (χ1v) is 24.6. The first kappa shape index (κ1) is 52.0. The van der Waals surface area contributed by atoms with Crippen molar-refractivity contribution in [2.24, 2.45) is 17.4 Å². The number of fused-ring (bicyclic) bond motifs is 6. The topological polar surface area (TPSA) is 331 Å².